The van der Waals surface area contributed by atoms with Crippen molar-refractivity contribution >= 4 is 29.0 Å². The van der Waals surface area contributed by atoms with Gasteiger partial charge in [0, 0.05) is 23.2 Å². The van der Waals surface area contributed by atoms with Crippen molar-refractivity contribution in [2.75, 3.05) is 5.32 Å². The number of amides is 3. The molecule has 1 aromatic carbocycles. The molecular formula is C19H26N4O2S. The number of urea groups is 1. The topological polar surface area (TPSA) is 74.3 Å². The number of carbonyl (C=O) groups is 2. The number of nitrogens with zero attached hydrogens (tertiary/aromatic N) is 2. The maximum atomic E-state index is 12.7. The highest BCUT2D eigenvalue weighted by atomic mass is 32.1. The van der Waals surface area contributed by atoms with Gasteiger partial charge in [-0.3, -0.25) is 4.79 Å². The first-order chi connectivity index (χ1) is 12.3. The molecule has 2 N–H and O–H groups in total. The van der Waals surface area contributed by atoms with E-state index in [0.717, 1.165) is 16.3 Å². The number of aromatic nitrogens is 1. The smallest absolute Gasteiger partial charge is 0.322 e. The predicted molar refractivity (Wildman–Crippen MR) is 106 cm³/mol. The van der Waals surface area contributed by atoms with Gasteiger partial charge in [-0.1, -0.05) is 12.1 Å². The minimum absolute atomic E-state index is 0.00310. The van der Waals surface area contributed by atoms with Crippen LogP contribution >= 0.6 is 11.3 Å². The van der Waals surface area contributed by atoms with E-state index in [1.807, 2.05) is 58.9 Å². The lowest BCUT2D eigenvalue weighted by Crippen LogP contribution is -2.39. The molecule has 0 spiro atoms. The van der Waals surface area contributed by atoms with Crippen LogP contribution in [-0.2, 0) is 6.54 Å². The van der Waals surface area contributed by atoms with Crippen molar-refractivity contribution in [1.82, 2.24) is 15.2 Å². The summed E-state index contributed by atoms with van der Waals surface area (Å²) < 4.78 is 0. The first-order valence-corrected chi connectivity index (χ1v) is 9.53. The van der Waals surface area contributed by atoms with Crippen molar-refractivity contribution < 1.29 is 9.59 Å². The molecule has 3 amide bonds. The molecule has 0 saturated heterocycles. The summed E-state index contributed by atoms with van der Waals surface area (Å²) in [5, 5.41) is 8.20. The highest BCUT2D eigenvalue weighted by Crippen LogP contribution is 2.17. The zero-order valence-corrected chi connectivity index (χ0v) is 16.7. The quantitative estimate of drug-likeness (QED) is 0.801. The standard InChI is InChI=1S/C19H26N4O2S/c1-12(2)20-18(24)16-11-26-17(22-16)10-23(13(3)4)19(25)21-15-8-6-7-14(5)9-15/h6-9,11-13H,10H2,1-5H3,(H,20,24)(H,21,25). The van der Waals surface area contributed by atoms with Crippen LogP contribution in [0.5, 0.6) is 0 Å². The summed E-state index contributed by atoms with van der Waals surface area (Å²) in [6, 6.07) is 7.54. The van der Waals surface area contributed by atoms with Gasteiger partial charge in [0.05, 0.1) is 6.54 Å². The summed E-state index contributed by atoms with van der Waals surface area (Å²) in [4.78, 5) is 30.8. The fourth-order valence-corrected chi connectivity index (χ4v) is 3.15. The minimum atomic E-state index is -0.192. The predicted octanol–water partition coefficient (Wildman–Crippen LogP) is 4.03. The second-order valence-electron chi connectivity index (χ2n) is 6.78. The van der Waals surface area contributed by atoms with E-state index in [0.29, 0.717) is 12.2 Å². The van der Waals surface area contributed by atoms with Crippen LogP contribution in [0, 0.1) is 6.92 Å². The van der Waals surface area contributed by atoms with Crippen LogP contribution in [0.15, 0.2) is 29.6 Å². The number of nitrogens with one attached hydrogen (secondary N) is 2. The van der Waals surface area contributed by atoms with Crippen LogP contribution in [0.3, 0.4) is 0 Å². The Hall–Kier alpha value is -2.41. The Balaban J connectivity index is 2.07. The minimum Gasteiger partial charge on any atom is -0.349 e. The molecule has 140 valence electrons. The van der Waals surface area contributed by atoms with Crippen molar-refractivity contribution in [1.29, 1.82) is 0 Å². The summed E-state index contributed by atoms with van der Waals surface area (Å²) in [7, 11) is 0. The van der Waals surface area contributed by atoms with Gasteiger partial charge in [0.25, 0.3) is 5.91 Å². The van der Waals surface area contributed by atoms with E-state index in [9.17, 15) is 9.59 Å². The Morgan fingerprint density at radius 3 is 2.58 bits per heavy atom. The van der Waals surface area contributed by atoms with Crippen LogP contribution in [-0.4, -0.2) is 33.9 Å². The normalized spacial score (nSPS) is 10.9. The average molecular weight is 375 g/mol. The molecule has 0 aliphatic heterocycles. The maximum absolute atomic E-state index is 12.7. The molecule has 1 aromatic heterocycles. The van der Waals surface area contributed by atoms with Crippen LogP contribution in [0.2, 0.25) is 0 Å². The van der Waals surface area contributed by atoms with Crippen molar-refractivity contribution in [3.63, 3.8) is 0 Å². The van der Waals surface area contributed by atoms with Crippen molar-refractivity contribution in [2.45, 2.75) is 53.2 Å². The van der Waals surface area contributed by atoms with E-state index in [1.54, 1.807) is 10.3 Å². The maximum Gasteiger partial charge on any atom is 0.322 e. The largest absolute Gasteiger partial charge is 0.349 e. The first kappa shape index (κ1) is 19.9. The number of rotatable bonds is 6. The fourth-order valence-electron chi connectivity index (χ4n) is 2.38. The number of carbonyl (C=O) groups excluding carboxylic acids is 2. The summed E-state index contributed by atoms with van der Waals surface area (Å²) in [5.41, 5.74) is 2.23. The van der Waals surface area contributed by atoms with Crippen molar-refractivity contribution in [2.24, 2.45) is 0 Å². The Bertz CT molecular complexity index is 770. The molecule has 26 heavy (non-hydrogen) atoms. The summed E-state index contributed by atoms with van der Waals surface area (Å²) in [6.07, 6.45) is 0. The molecule has 0 aliphatic rings. The van der Waals surface area contributed by atoms with Crippen molar-refractivity contribution in [3.05, 3.63) is 45.9 Å². The second-order valence-corrected chi connectivity index (χ2v) is 7.72. The molecule has 7 heteroatoms. The molecule has 0 aliphatic carbocycles. The van der Waals surface area contributed by atoms with E-state index < -0.39 is 0 Å². The Kier molecular flexibility index (Phi) is 6.74. The molecule has 0 bridgehead atoms. The highest BCUT2D eigenvalue weighted by Gasteiger charge is 2.20. The number of hydrogen-bond acceptors (Lipinski definition) is 4. The highest BCUT2D eigenvalue weighted by molar-refractivity contribution is 7.09. The Labute approximate surface area is 158 Å². The molecule has 2 rings (SSSR count). The zero-order valence-electron chi connectivity index (χ0n) is 15.9. The third-order valence-corrected chi connectivity index (χ3v) is 4.50. The van der Waals surface area contributed by atoms with Gasteiger partial charge in [-0.25, -0.2) is 9.78 Å². The van der Waals surface area contributed by atoms with E-state index >= 15 is 0 Å². The van der Waals surface area contributed by atoms with Gasteiger partial charge in [0.2, 0.25) is 0 Å². The van der Waals surface area contributed by atoms with Crippen LogP contribution < -0.4 is 10.6 Å². The third kappa shape index (κ3) is 5.56. The zero-order chi connectivity index (χ0) is 19.3. The summed E-state index contributed by atoms with van der Waals surface area (Å²) >= 11 is 1.38. The van der Waals surface area contributed by atoms with Gasteiger partial charge in [-0.15, -0.1) is 11.3 Å². The van der Waals surface area contributed by atoms with Gasteiger partial charge in [0.15, 0.2) is 0 Å². The number of aryl methyl sites for hydroxylation is 1. The Morgan fingerprint density at radius 1 is 1.23 bits per heavy atom. The molecule has 1 heterocycles. The van der Waals surface area contributed by atoms with Gasteiger partial charge < -0.3 is 15.5 Å². The van der Waals surface area contributed by atoms with Crippen LogP contribution in [0.25, 0.3) is 0 Å². The van der Waals surface area contributed by atoms with Crippen LogP contribution in [0.1, 0.15) is 48.8 Å². The average Bonchev–Trinajstić information content (AvgIpc) is 3.00. The number of thiazole rings is 1. The summed E-state index contributed by atoms with van der Waals surface area (Å²) in [6.45, 7) is 10.1. The van der Waals surface area contributed by atoms with Crippen LogP contribution in [0.4, 0.5) is 10.5 Å². The van der Waals surface area contributed by atoms with Gasteiger partial charge in [-0.05, 0) is 52.3 Å². The van der Waals surface area contributed by atoms with E-state index in [4.69, 9.17) is 0 Å². The molecule has 0 saturated carbocycles. The third-order valence-electron chi connectivity index (χ3n) is 3.66. The van der Waals surface area contributed by atoms with Gasteiger partial charge >= 0.3 is 6.03 Å². The molecule has 0 atom stereocenters. The molecule has 0 unspecified atom stereocenters. The number of hydrogen-bond donors (Lipinski definition) is 2. The number of anilines is 1. The lowest BCUT2D eigenvalue weighted by atomic mass is 10.2. The van der Waals surface area contributed by atoms with E-state index in [2.05, 4.69) is 15.6 Å². The monoisotopic (exact) mass is 374 g/mol. The molecular weight excluding hydrogens is 348 g/mol. The van der Waals surface area contributed by atoms with Gasteiger partial charge in [0.1, 0.15) is 10.7 Å². The van der Waals surface area contributed by atoms with Gasteiger partial charge in [-0.2, -0.15) is 0 Å². The molecule has 6 nitrogen and oxygen atoms in total. The second kappa shape index (κ2) is 8.80. The Morgan fingerprint density at radius 2 is 1.96 bits per heavy atom. The first-order valence-electron chi connectivity index (χ1n) is 8.65. The molecule has 0 radical (unpaired) electrons. The van der Waals surface area contributed by atoms with E-state index in [-0.39, 0.29) is 24.0 Å². The SMILES string of the molecule is Cc1cccc(NC(=O)N(Cc2nc(C(=O)NC(C)C)cs2)C(C)C)c1. The van der Waals surface area contributed by atoms with E-state index in [1.165, 1.54) is 11.3 Å². The lowest BCUT2D eigenvalue weighted by molar-refractivity contribution is 0.0938. The van der Waals surface area contributed by atoms with Crippen molar-refractivity contribution in [3.8, 4) is 0 Å². The molecule has 0 fully saturated rings. The number of benzene rings is 1. The fraction of sp³-hybridized carbons (Fsp3) is 0.421. The summed E-state index contributed by atoms with van der Waals surface area (Å²) in [5.74, 6) is -0.192. The lowest BCUT2D eigenvalue weighted by Gasteiger charge is -2.26. The molecule has 2 aromatic rings.